The molecule has 1 N–H and O–H groups in total. The largest absolute Gasteiger partial charge is 0.329 e. The number of hydrogen-bond donors (Lipinski definition) is 1. The number of carbonyl (C=O) groups is 1. The summed E-state index contributed by atoms with van der Waals surface area (Å²) in [4.78, 5) is 16.3. The number of hydrogen-bond acceptors (Lipinski definition) is 3. The van der Waals surface area contributed by atoms with Crippen molar-refractivity contribution in [2.24, 2.45) is 0 Å². The normalized spacial score (nSPS) is 20.4. The Balaban J connectivity index is 2.15. The molecule has 1 fully saturated rings. The highest BCUT2D eigenvalue weighted by Crippen LogP contribution is 2.10. The molecule has 1 amide bonds. The van der Waals surface area contributed by atoms with Crippen LogP contribution in [0.1, 0.15) is 46.5 Å². The molecule has 1 aliphatic heterocycles. The molecule has 0 aromatic carbocycles. The average Bonchev–Trinajstić information content (AvgIpc) is 2.67. The van der Waals surface area contributed by atoms with Crippen molar-refractivity contribution in [1.29, 1.82) is 0 Å². The van der Waals surface area contributed by atoms with Crippen molar-refractivity contribution >= 4 is 5.91 Å². The lowest BCUT2D eigenvalue weighted by Crippen LogP contribution is -2.32. The van der Waals surface area contributed by atoms with E-state index in [2.05, 4.69) is 38.0 Å². The van der Waals surface area contributed by atoms with E-state index in [1.807, 2.05) is 4.90 Å². The van der Waals surface area contributed by atoms with E-state index in [0.29, 0.717) is 11.9 Å². The van der Waals surface area contributed by atoms with Gasteiger partial charge in [0.15, 0.2) is 0 Å². The Kier molecular flexibility index (Phi) is 6.65. The molecule has 4 nitrogen and oxygen atoms in total. The highest BCUT2D eigenvalue weighted by Gasteiger charge is 2.29. The second-order valence-corrected chi connectivity index (χ2v) is 5.59. The van der Waals surface area contributed by atoms with Gasteiger partial charge in [-0.2, -0.15) is 0 Å². The maximum absolute atomic E-state index is 12.0. The van der Waals surface area contributed by atoms with Crippen LogP contribution >= 0.6 is 0 Å². The van der Waals surface area contributed by atoms with Gasteiger partial charge in [-0.25, -0.2) is 0 Å². The van der Waals surface area contributed by atoms with Crippen molar-refractivity contribution in [1.82, 2.24) is 15.1 Å². The molecule has 1 saturated heterocycles. The second-order valence-electron chi connectivity index (χ2n) is 5.59. The van der Waals surface area contributed by atoms with E-state index in [-0.39, 0.29) is 6.04 Å². The molecule has 1 rings (SSSR count). The van der Waals surface area contributed by atoms with Crippen LogP contribution in [0.25, 0.3) is 0 Å². The van der Waals surface area contributed by atoms with Gasteiger partial charge in [-0.15, -0.1) is 0 Å². The summed E-state index contributed by atoms with van der Waals surface area (Å²) in [5.41, 5.74) is 0. The van der Waals surface area contributed by atoms with Crippen LogP contribution in [0.5, 0.6) is 0 Å². The zero-order valence-electron chi connectivity index (χ0n) is 12.4. The smallest absolute Gasteiger partial charge is 0.240 e. The molecule has 1 aliphatic rings. The number of carbonyl (C=O) groups excluding carboxylic acids is 1. The van der Waals surface area contributed by atoms with Gasteiger partial charge in [-0.3, -0.25) is 10.1 Å². The molecule has 0 aliphatic carbocycles. The summed E-state index contributed by atoms with van der Waals surface area (Å²) >= 11 is 0. The highest BCUT2D eigenvalue weighted by atomic mass is 16.2. The van der Waals surface area contributed by atoms with Crippen LogP contribution in [-0.2, 0) is 4.79 Å². The summed E-state index contributed by atoms with van der Waals surface area (Å²) in [7, 11) is 2.16. The van der Waals surface area contributed by atoms with E-state index in [9.17, 15) is 4.79 Å². The molecule has 0 bridgehead atoms. The third-order valence-corrected chi connectivity index (χ3v) is 3.79. The number of nitrogens with one attached hydrogen (secondary N) is 1. The Bertz CT molecular complexity index is 255. The van der Waals surface area contributed by atoms with Gasteiger partial charge < -0.3 is 9.80 Å². The van der Waals surface area contributed by atoms with E-state index in [4.69, 9.17) is 0 Å². The van der Waals surface area contributed by atoms with Crippen LogP contribution in [0, 0.1) is 0 Å². The van der Waals surface area contributed by atoms with E-state index in [1.54, 1.807) is 0 Å². The molecule has 0 radical (unpaired) electrons. The van der Waals surface area contributed by atoms with Gasteiger partial charge in [-0.05, 0) is 46.7 Å². The molecule has 1 atom stereocenters. The van der Waals surface area contributed by atoms with Gasteiger partial charge in [0.1, 0.15) is 0 Å². The summed E-state index contributed by atoms with van der Waals surface area (Å²) in [5.74, 6) is 0.300. The molecule has 1 unspecified atom stereocenters. The predicted octanol–water partition coefficient (Wildman–Crippen LogP) is 1.66. The van der Waals surface area contributed by atoms with Crippen LogP contribution in [0.3, 0.4) is 0 Å². The second kappa shape index (κ2) is 7.74. The zero-order chi connectivity index (χ0) is 13.5. The van der Waals surface area contributed by atoms with E-state index >= 15 is 0 Å². The number of unbranched alkanes of at least 4 members (excludes halogenated alkanes) is 1. The van der Waals surface area contributed by atoms with Gasteiger partial charge in [0.05, 0.1) is 12.7 Å². The topological polar surface area (TPSA) is 35.6 Å². The predicted molar refractivity (Wildman–Crippen MR) is 75.4 cm³/mol. The van der Waals surface area contributed by atoms with Gasteiger partial charge in [0.25, 0.3) is 0 Å². The Morgan fingerprint density at radius 2 is 2.17 bits per heavy atom. The third-order valence-electron chi connectivity index (χ3n) is 3.79. The molecule has 0 aromatic rings. The molecular formula is C14H29N3O. The molecule has 0 spiro atoms. The fraction of sp³-hybridized carbons (Fsp3) is 0.929. The minimum absolute atomic E-state index is 0.0772. The zero-order valence-corrected chi connectivity index (χ0v) is 12.4. The SMILES string of the molecule is CCCC1NCN(CCCCN(C)C(C)C)C1=O. The summed E-state index contributed by atoms with van der Waals surface area (Å²) in [6.45, 7) is 9.30. The first-order valence-corrected chi connectivity index (χ1v) is 7.28. The van der Waals surface area contributed by atoms with Crippen molar-refractivity contribution in [2.45, 2.75) is 58.5 Å². The Labute approximate surface area is 112 Å². The summed E-state index contributed by atoms with van der Waals surface area (Å²) in [6.07, 6.45) is 4.29. The molecule has 18 heavy (non-hydrogen) atoms. The number of nitrogens with zero attached hydrogens (tertiary/aromatic N) is 2. The van der Waals surface area contributed by atoms with Crippen molar-refractivity contribution in [3.63, 3.8) is 0 Å². The van der Waals surface area contributed by atoms with Crippen LogP contribution in [0.15, 0.2) is 0 Å². The molecular weight excluding hydrogens is 226 g/mol. The van der Waals surface area contributed by atoms with Crippen LogP contribution in [0.4, 0.5) is 0 Å². The minimum Gasteiger partial charge on any atom is -0.329 e. The summed E-state index contributed by atoms with van der Waals surface area (Å²) < 4.78 is 0. The summed E-state index contributed by atoms with van der Waals surface area (Å²) in [5, 5.41) is 3.29. The number of amides is 1. The van der Waals surface area contributed by atoms with Gasteiger partial charge in [-0.1, -0.05) is 13.3 Å². The fourth-order valence-electron chi connectivity index (χ4n) is 2.23. The lowest BCUT2D eigenvalue weighted by molar-refractivity contribution is -0.129. The first-order chi connectivity index (χ1) is 8.56. The fourth-order valence-corrected chi connectivity index (χ4v) is 2.23. The quantitative estimate of drug-likeness (QED) is 0.670. The first kappa shape index (κ1) is 15.4. The van der Waals surface area contributed by atoms with Crippen molar-refractivity contribution in [3.8, 4) is 0 Å². The van der Waals surface area contributed by atoms with Gasteiger partial charge >= 0.3 is 0 Å². The number of rotatable bonds is 8. The van der Waals surface area contributed by atoms with E-state index in [1.165, 1.54) is 0 Å². The molecule has 0 aromatic heterocycles. The first-order valence-electron chi connectivity index (χ1n) is 7.28. The van der Waals surface area contributed by atoms with Crippen LogP contribution < -0.4 is 5.32 Å². The average molecular weight is 255 g/mol. The van der Waals surface area contributed by atoms with Crippen LogP contribution in [0.2, 0.25) is 0 Å². The van der Waals surface area contributed by atoms with Crippen molar-refractivity contribution in [3.05, 3.63) is 0 Å². The minimum atomic E-state index is 0.0772. The maximum Gasteiger partial charge on any atom is 0.240 e. The summed E-state index contributed by atoms with van der Waals surface area (Å²) in [6, 6.07) is 0.683. The standard InChI is InChI=1S/C14H29N3O/c1-5-8-13-14(18)17(11-15-13)10-7-6-9-16(4)12(2)3/h12-13,15H,5-11H2,1-4H3. The van der Waals surface area contributed by atoms with Crippen molar-refractivity contribution in [2.75, 3.05) is 26.8 Å². The van der Waals surface area contributed by atoms with E-state index in [0.717, 1.165) is 45.4 Å². The highest BCUT2D eigenvalue weighted by molar-refractivity contribution is 5.83. The Hall–Kier alpha value is -0.610. The lowest BCUT2D eigenvalue weighted by Gasteiger charge is -2.21. The van der Waals surface area contributed by atoms with Gasteiger partial charge in [0.2, 0.25) is 5.91 Å². The monoisotopic (exact) mass is 255 g/mol. The Morgan fingerprint density at radius 3 is 2.78 bits per heavy atom. The van der Waals surface area contributed by atoms with Gasteiger partial charge in [0, 0.05) is 12.6 Å². The maximum atomic E-state index is 12.0. The van der Waals surface area contributed by atoms with Crippen molar-refractivity contribution < 1.29 is 4.79 Å². The van der Waals surface area contributed by atoms with Crippen LogP contribution in [-0.4, -0.2) is 54.6 Å². The lowest BCUT2D eigenvalue weighted by atomic mass is 10.1. The van der Waals surface area contributed by atoms with E-state index < -0.39 is 0 Å². The molecule has 0 saturated carbocycles. The Morgan fingerprint density at radius 1 is 1.44 bits per heavy atom. The third kappa shape index (κ3) is 4.58. The molecule has 106 valence electrons. The molecule has 4 heteroatoms. The molecule has 1 heterocycles.